The number of piperidine rings is 1. The average molecular weight is 347 g/mol. The molecule has 1 amide bonds. The third kappa shape index (κ3) is 5.21. The Morgan fingerprint density at radius 3 is 2.32 bits per heavy atom. The van der Waals surface area contributed by atoms with Crippen LogP contribution >= 0.6 is 0 Å². The molecule has 0 unspecified atom stereocenters. The number of carbonyl (C=O) groups is 1. The maximum absolute atomic E-state index is 12.8. The Morgan fingerprint density at radius 2 is 1.76 bits per heavy atom. The Kier molecular flexibility index (Phi) is 6.50. The molecule has 0 saturated carbocycles. The van der Waals surface area contributed by atoms with Crippen LogP contribution in [0.4, 0.5) is 0 Å². The molecule has 1 fully saturated rings. The van der Waals surface area contributed by atoms with Gasteiger partial charge < -0.3 is 15.0 Å². The van der Waals surface area contributed by atoms with E-state index in [0.717, 1.165) is 37.2 Å². The van der Waals surface area contributed by atoms with E-state index < -0.39 is 5.60 Å². The van der Waals surface area contributed by atoms with Crippen molar-refractivity contribution in [1.82, 2.24) is 10.2 Å². The highest BCUT2D eigenvalue weighted by Gasteiger charge is 2.33. The van der Waals surface area contributed by atoms with Gasteiger partial charge in [-0.25, -0.2) is 0 Å². The third-order valence-electron chi connectivity index (χ3n) is 5.05. The average Bonchev–Trinajstić information content (AvgIpc) is 2.55. The van der Waals surface area contributed by atoms with Crippen molar-refractivity contribution in [1.29, 1.82) is 0 Å². The Morgan fingerprint density at radius 1 is 1.16 bits per heavy atom. The van der Waals surface area contributed by atoms with Gasteiger partial charge in [-0.2, -0.15) is 0 Å². The molecule has 4 heteroatoms. The van der Waals surface area contributed by atoms with Gasteiger partial charge in [-0.3, -0.25) is 4.79 Å². The Balaban J connectivity index is 1.97. The number of carbonyl (C=O) groups excluding carboxylic acids is 1. The van der Waals surface area contributed by atoms with Crippen molar-refractivity contribution < 1.29 is 9.53 Å². The highest BCUT2D eigenvalue weighted by Crippen LogP contribution is 2.29. The van der Waals surface area contributed by atoms with Crippen molar-refractivity contribution >= 4 is 5.91 Å². The first-order valence-corrected chi connectivity index (χ1v) is 9.53. The van der Waals surface area contributed by atoms with Crippen molar-refractivity contribution in [2.45, 2.75) is 78.0 Å². The van der Waals surface area contributed by atoms with Crippen LogP contribution in [0.1, 0.15) is 65.9 Å². The number of nitrogens with one attached hydrogen (secondary N) is 1. The molecule has 140 valence electrons. The maximum atomic E-state index is 12.8. The standard InChI is InChI=1S/C21H34N2O2/c1-15(2)18-9-7-8-10-19(18)25-21(5,6)20(24)22-17-11-13-23(14-12-17)16(3)4/h7-10,15-17H,11-14H2,1-6H3,(H,22,24). The number of benzene rings is 1. The summed E-state index contributed by atoms with van der Waals surface area (Å²) in [5.74, 6) is 1.12. The highest BCUT2D eigenvalue weighted by atomic mass is 16.5. The first-order valence-electron chi connectivity index (χ1n) is 9.53. The van der Waals surface area contributed by atoms with Gasteiger partial charge in [0.1, 0.15) is 5.75 Å². The van der Waals surface area contributed by atoms with E-state index in [-0.39, 0.29) is 11.9 Å². The number of amides is 1. The summed E-state index contributed by atoms with van der Waals surface area (Å²) >= 11 is 0. The Bertz CT molecular complexity index is 573. The second-order valence-corrected chi connectivity index (χ2v) is 8.18. The van der Waals surface area contributed by atoms with Gasteiger partial charge in [0.25, 0.3) is 5.91 Å². The number of hydrogen-bond donors (Lipinski definition) is 1. The number of ether oxygens (including phenoxy) is 1. The zero-order chi connectivity index (χ0) is 18.6. The van der Waals surface area contributed by atoms with E-state index in [1.54, 1.807) is 0 Å². The predicted molar refractivity (Wildman–Crippen MR) is 103 cm³/mol. The summed E-state index contributed by atoms with van der Waals surface area (Å²) in [7, 11) is 0. The number of likely N-dealkylation sites (tertiary alicyclic amines) is 1. The minimum atomic E-state index is -0.889. The van der Waals surface area contributed by atoms with E-state index in [1.165, 1.54) is 0 Å². The van der Waals surface area contributed by atoms with E-state index in [1.807, 2.05) is 32.0 Å². The lowest BCUT2D eigenvalue weighted by atomic mass is 10.00. The molecule has 4 nitrogen and oxygen atoms in total. The fraction of sp³-hybridized carbons (Fsp3) is 0.667. The van der Waals surface area contributed by atoms with Crippen molar-refractivity contribution in [2.75, 3.05) is 13.1 Å². The van der Waals surface area contributed by atoms with Gasteiger partial charge >= 0.3 is 0 Å². The largest absolute Gasteiger partial charge is 0.478 e. The molecule has 1 N–H and O–H groups in total. The summed E-state index contributed by atoms with van der Waals surface area (Å²) in [5, 5.41) is 3.20. The predicted octanol–water partition coefficient (Wildman–Crippen LogP) is 3.96. The molecule has 0 aliphatic carbocycles. The Hall–Kier alpha value is -1.55. The second kappa shape index (κ2) is 8.22. The molecule has 0 atom stereocenters. The lowest BCUT2D eigenvalue weighted by Gasteiger charge is -2.36. The SMILES string of the molecule is CC(C)c1ccccc1OC(C)(C)C(=O)NC1CCN(C(C)C)CC1. The van der Waals surface area contributed by atoms with Gasteiger partial charge in [0, 0.05) is 25.2 Å². The maximum Gasteiger partial charge on any atom is 0.263 e. The van der Waals surface area contributed by atoms with Crippen LogP contribution in [0.25, 0.3) is 0 Å². The van der Waals surface area contributed by atoms with Crippen LogP contribution in [0, 0.1) is 0 Å². The first kappa shape index (κ1) is 19.8. The van der Waals surface area contributed by atoms with Crippen LogP contribution in [0.3, 0.4) is 0 Å². The van der Waals surface area contributed by atoms with E-state index in [0.29, 0.717) is 12.0 Å². The van der Waals surface area contributed by atoms with E-state index in [2.05, 4.69) is 44.0 Å². The molecule has 1 aromatic carbocycles. The number of rotatable bonds is 6. The molecule has 0 spiro atoms. The lowest BCUT2D eigenvalue weighted by Crippen LogP contribution is -2.53. The summed E-state index contributed by atoms with van der Waals surface area (Å²) in [6.45, 7) is 14.5. The van der Waals surface area contributed by atoms with Gasteiger partial charge in [0.2, 0.25) is 0 Å². The zero-order valence-electron chi connectivity index (χ0n) is 16.6. The van der Waals surface area contributed by atoms with Crippen molar-refractivity contribution in [2.24, 2.45) is 0 Å². The van der Waals surface area contributed by atoms with E-state index >= 15 is 0 Å². The van der Waals surface area contributed by atoms with Crippen LogP contribution in [-0.4, -0.2) is 41.6 Å². The van der Waals surface area contributed by atoms with Crippen LogP contribution in [-0.2, 0) is 4.79 Å². The summed E-state index contributed by atoms with van der Waals surface area (Å²) in [6, 6.07) is 8.80. The topological polar surface area (TPSA) is 41.6 Å². The number of nitrogens with zero attached hydrogens (tertiary/aromatic N) is 1. The van der Waals surface area contributed by atoms with Gasteiger partial charge in [0.15, 0.2) is 5.60 Å². The van der Waals surface area contributed by atoms with Crippen LogP contribution < -0.4 is 10.1 Å². The Labute approximate surface area is 152 Å². The summed E-state index contributed by atoms with van der Waals surface area (Å²) in [5.41, 5.74) is 0.244. The minimum absolute atomic E-state index is 0.0333. The molecule has 0 bridgehead atoms. The van der Waals surface area contributed by atoms with Crippen molar-refractivity contribution in [3.63, 3.8) is 0 Å². The third-order valence-corrected chi connectivity index (χ3v) is 5.05. The molecule has 0 radical (unpaired) electrons. The molecule has 0 aromatic heterocycles. The molecule has 1 aliphatic heterocycles. The van der Waals surface area contributed by atoms with Gasteiger partial charge in [-0.1, -0.05) is 32.0 Å². The highest BCUT2D eigenvalue weighted by molar-refractivity contribution is 5.85. The fourth-order valence-electron chi connectivity index (χ4n) is 3.29. The second-order valence-electron chi connectivity index (χ2n) is 8.18. The van der Waals surface area contributed by atoms with Crippen LogP contribution in [0.5, 0.6) is 5.75 Å². The van der Waals surface area contributed by atoms with Crippen molar-refractivity contribution in [3.05, 3.63) is 29.8 Å². The number of para-hydroxylation sites is 1. The van der Waals surface area contributed by atoms with E-state index in [9.17, 15) is 4.79 Å². The van der Waals surface area contributed by atoms with Gasteiger partial charge in [-0.05, 0) is 58.1 Å². The minimum Gasteiger partial charge on any atom is -0.478 e. The molecule has 1 saturated heterocycles. The molecular weight excluding hydrogens is 312 g/mol. The summed E-state index contributed by atoms with van der Waals surface area (Å²) in [4.78, 5) is 15.2. The number of hydrogen-bond acceptors (Lipinski definition) is 3. The van der Waals surface area contributed by atoms with Gasteiger partial charge in [0.05, 0.1) is 0 Å². The monoisotopic (exact) mass is 346 g/mol. The van der Waals surface area contributed by atoms with Crippen LogP contribution in [0.2, 0.25) is 0 Å². The first-order chi connectivity index (χ1) is 11.7. The quantitative estimate of drug-likeness (QED) is 0.848. The normalized spacial score (nSPS) is 17.1. The molecule has 1 aliphatic rings. The van der Waals surface area contributed by atoms with Crippen LogP contribution in [0.15, 0.2) is 24.3 Å². The fourth-order valence-corrected chi connectivity index (χ4v) is 3.29. The van der Waals surface area contributed by atoms with Crippen molar-refractivity contribution in [3.8, 4) is 5.75 Å². The van der Waals surface area contributed by atoms with E-state index in [4.69, 9.17) is 4.74 Å². The summed E-state index contributed by atoms with van der Waals surface area (Å²) < 4.78 is 6.13. The lowest BCUT2D eigenvalue weighted by molar-refractivity contribution is -0.135. The molecule has 2 rings (SSSR count). The van der Waals surface area contributed by atoms with Gasteiger partial charge in [-0.15, -0.1) is 0 Å². The molecule has 25 heavy (non-hydrogen) atoms. The summed E-state index contributed by atoms with van der Waals surface area (Å²) in [6.07, 6.45) is 2.01. The smallest absolute Gasteiger partial charge is 0.263 e. The molecule has 1 heterocycles. The molecular formula is C21H34N2O2. The molecule has 1 aromatic rings. The zero-order valence-corrected chi connectivity index (χ0v) is 16.6.